The van der Waals surface area contributed by atoms with Crippen molar-refractivity contribution in [3.05, 3.63) is 35.9 Å². The van der Waals surface area contributed by atoms with Crippen molar-refractivity contribution in [3.63, 3.8) is 0 Å². The highest BCUT2D eigenvalue weighted by molar-refractivity contribution is 7.80. The maximum absolute atomic E-state index is 5.60. The van der Waals surface area contributed by atoms with E-state index in [1.54, 1.807) is 0 Å². The fraction of sp³-hybridized carbons (Fsp3) is 0.588. The van der Waals surface area contributed by atoms with Gasteiger partial charge < -0.3 is 4.74 Å². The molecule has 0 aliphatic carbocycles. The number of unbranched alkanes of at least 4 members (excludes halogenated alkanes) is 2. The number of hydrogen-bond donors (Lipinski definition) is 0. The lowest BCUT2D eigenvalue weighted by Crippen LogP contribution is -2.05. The zero-order valence-electron chi connectivity index (χ0n) is 12.2. The molecule has 19 heavy (non-hydrogen) atoms. The van der Waals surface area contributed by atoms with Gasteiger partial charge in [-0.1, -0.05) is 63.4 Å². The molecule has 0 fully saturated rings. The molecule has 0 bridgehead atoms. The van der Waals surface area contributed by atoms with Gasteiger partial charge in [-0.3, -0.25) is 0 Å². The minimum Gasteiger partial charge on any atom is -0.487 e. The Kier molecular flexibility index (Phi) is 8.48. The van der Waals surface area contributed by atoms with Gasteiger partial charge in [0, 0.05) is 6.42 Å². The summed E-state index contributed by atoms with van der Waals surface area (Å²) in [4.78, 5) is 0. The molecule has 0 atom stereocenters. The topological polar surface area (TPSA) is 9.23 Å². The van der Waals surface area contributed by atoms with Crippen LogP contribution in [0.2, 0.25) is 0 Å². The number of rotatable bonds is 9. The smallest absolute Gasteiger partial charge is 0.159 e. The van der Waals surface area contributed by atoms with E-state index in [9.17, 15) is 0 Å². The summed E-state index contributed by atoms with van der Waals surface area (Å²) >= 11 is 5.25. The van der Waals surface area contributed by atoms with Gasteiger partial charge in [0.05, 0.1) is 6.61 Å². The normalized spacial score (nSPS) is 10.7. The van der Waals surface area contributed by atoms with E-state index in [1.165, 1.54) is 24.8 Å². The molecule has 2 heteroatoms. The molecule has 0 aliphatic heterocycles. The molecular weight excluding hydrogens is 252 g/mol. The van der Waals surface area contributed by atoms with E-state index in [0.717, 1.165) is 36.8 Å². The third-order valence-corrected chi connectivity index (χ3v) is 3.47. The summed E-state index contributed by atoms with van der Waals surface area (Å²) in [6.07, 6.45) is 6.83. The quantitative estimate of drug-likeness (QED) is 0.454. The molecule has 0 amide bonds. The van der Waals surface area contributed by atoms with Gasteiger partial charge in [-0.25, -0.2) is 0 Å². The van der Waals surface area contributed by atoms with E-state index in [4.69, 9.17) is 17.0 Å². The Morgan fingerprint density at radius 3 is 2.53 bits per heavy atom. The maximum atomic E-state index is 5.60. The van der Waals surface area contributed by atoms with Gasteiger partial charge in [0.15, 0.2) is 5.05 Å². The molecule has 0 spiro atoms. The van der Waals surface area contributed by atoms with Gasteiger partial charge in [-0.15, -0.1) is 0 Å². The predicted octanol–water partition coefficient (Wildman–Crippen LogP) is 5.18. The van der Waals surface area contributed by atoms with Crippen molar-refractivity contribution in [1.82, 2.24) is 0 Å². The van der Waals surface area contributed by atoms with Crippen LogP contribution in [0.15, 0.2) is 30.3 Å². The first-order valence-electron chi connectivity index (χ1n) is 7.38. The van der Waals surface area contributed by atoms with Crippen molar-refractivity contribution in [1.29, 1.82) is 0 Å². The molecule has 0 N–H and O–H groups in total. The predicted molar refractivity (Wildman–Crippen MR) is 86.6 cm³/mol. The lowest BCUT2D eigenvalue weighted by atomic mass is 10.1. The van der Waals surface area contributed by atoms with E-state index in [0.29, 0.717) is 0 Å². The highest BCUT2D eigenvalue weighted by Crippen LogP contribution is 2.09. The molecule has 0 aromatic heterocycles. The number of benzene rings is 1. The molecule has 0 unspecified atom stereocenters. The first-order chi connectivity index (χ1) is 9.18. The zero-order chi connectivity index (χ0) is 13.9. The second kappa shape index (κ2) is 9.96. The molecule has 106 valence electrons. The van der Waals surface area contributed by atoms with Crippen molar-refractivity contribution >= 4 is 17.3 Å². The van der Waals surface area contributed by atoms with E-state index in [-0.39, 0.29) is 0 Å². The Morgan fingerprint density at radius 1 is 1.11 bits per heavy atom. The molecule has 1 nitrogen and oxygen atoms in total. The molecule has 1 aromatic rings. The van der Waals surface area contributed by atoms with Crippen LogP contribution in [-0.2, 0) is 11.2 Å². The fourth-order valence-corrected chi connectivity index (χ4v) is 2.17. The van der Waals surface area contributed by atoms with E-state index in [2.05, 4.69) is 38.1 Å². The third kappa shape index (κ3) is 8.77. The van der Waals surface area contributed by atoms with Gasteiger partial charge in [-0.2, -0.15) is 0 Å². The summed E-state index contributed by atoms with van der Waals surface area (Å²) in [6.45, 7) is 5.33. The van der Waals surface area contributed by atoms with Gasteiger partial charge in [0.25, 0.3) is 0 Å². The standard InChI is InChI=1S/C17H26OS/c1-15(2)9-5-4-8-14-18-17(19)13-12-16-10-6-3-7-11-16/h3,6-7,10-11,15H,4-5,8-9,12-14H2,1-2H3. The monoisotopic (exact) mass is 278 g/mol. The van der Waals surface area contributed by atoms with Crippen molar-refractivity contribution < 1.29 is 4.74 Å². The van der Waals surface area contributed by atoms with Crippen molar-refractivity contribution in [2.75, 3.05) is 6.61 Å². The summed E-state index contributed by atoms with van der Waals surface area (Å²) in [7, 11) is 0. The SMILES string of the molecule is CC(C)CCCCCOC(=S)CCc1ccccc1. The summed E-state index contributed by atoms with van der Waals surface area (Å²) < 4.78 is 5.60. The highest BCUT2D eigenvalue weighted by Gasteiger charge is 2.00. The summed E-state index contributed by atoms with van der Waals surface area (Å²) in [5.74, 6) is 0.813. The molecule has 0 aliphatic rings. The van der Waals surface area contributed by atoms with E-state index in [1.807, 2.05) is 6.07 Å². The summed E-state index contributed by atoms with van der Waals surface area (Å²) in [5, 5.41) is 0.757. The van der Waals surface area contributed by atoms with Gasteiger partial charge in [0.1, 0.15) is 0 Å². The van der Waals surface area contributed by atoms with Crippen LogP contribution < -0.4 is 0 Å². The third-order valence-electron chi connectivity index (χ3n) is 3.15. The second-order valence-electron chi connectivity index (χ2n) is 5.45. The van der Waals surface area contributed by atoms with Gasteiger partial charge in [0.2, 0.25) is 0 Å². The lowest BCUT2D eigenvalue weighted by molar-refractivity contribution is 0.291. The summed E-state index contributed by atoms with van der Waals surface area (Å²) in [6, 6.07) is 10.4. The van der Waals surface area contributed by atoms with Crippen LogP contribution in [-0.4, -0.2) is 11.7 Å². The van der Waals surface area contributed by atoms with Crippen molar-refractivity contribution in [3.8, 4) is 0 Å². The van der Waals surface area contributed by atoms with E-state index >= 15 is 0 Å². The lowest BCUT2D eigenvalue weighted by Gasteiger charge is -2.08. The molecule has 1 rings (SSSR count). The molecule has 0 radical (unpaired) electrons. The first kappa shape index (κ1) is 16.2. The first-order valence-corrected chi connectivity index (χ1v) is 7.79. The number of hydrogen-bond acceptors (Lipinski definition) is 2. The average molecular weight is 278 g/mol. The minimum atomic E-state index is 0.757. The Hall–Kier alpha value is -0.890. The number of thiocarbonyl (C=S) groups is 1. The Labute approximate surface area is 123 Å². The zero-order valence-corrected chi connectivity index (χ0v) is 13.0. The molecule has 0 saturated heterocycles. The van der Waals surface area contributed by atoms with Crippen molar-refractivity contribution in [2.45, 2.75) is 52.4 Å². The van der Waals surface area contributed by atoms with Crippen LogP contribution in [0.3, 0.4) is 0 Å². The van der Waals surface area contributed by atoms with Crippen LogP contribution >= 0.6 is 12.2 Å². The molecule has 0 heterocycles. The highest BCUT2D eigenvalue weighted by atomic mass is 32.1. The van der Waals surface area contributed by atoms with Crippen LogP contribution in [0.5, 0.6) is 0 Å². The maximum Gasteiger partial charge on any atom is 0.159 e. The largest absolute Gasteiger partial charge is 0.487 e. The van der Waals surface area contributed by atoms with Crippen LogP contribution in [0, 0.1) is 5.92 Å². The second-order valence-corrected chi connectivity index (χ2v) is 5.90. The van der Waals surface area contributed by atoms with E-state index < -0.39 is 0 Å². The van der Waals surface area contributed by atoms with Gasteiger partial charge in [-0.05, 0) is 36.5 Å². The summed E-state index contributed by atoms with van der Waals surface area (Å²) in [5.41, 5.74) is 1.32. The number of aryl methyl sites for hydroxylation is 1. The van der Waals surface area contributed by atoms with Gasteiger partial charge >= 0.3 is 0 Å². The fourth-order valence-electron chi connectivity index (χ4n) is 1.98. The van der Waals surface area contributed by atoms with Crippen LogP contribution in [0.4, 0.5) is 0 Å². The molecule has 1 aromatic carbocycles. The van der Waals surface area contributed by atoms with Crippen LogP contribution in [0.1, 0.15) is 51.5 Å². The number of ether oxygens (including phenoxy) is 1. The average Bonchev–Trinajstić information content (AvgIpc) is 2.41. The van der Waals surface area contributed by atoms with Crippen LogP contribution in [0.25, 0.3) is 0 Å². The molecule has 0 saturated carbocycles. The minimum absolute atomic E-state index is 0.757. The van der Waals surface area contributed by atoms with Crippen molar-refractivity contribution in [2.24, 2.45) is 5.92 Å². The Morgan fingerprint density at radius 2 is 1.84 bits per heavy atom. The molecular formula is C17H26OS. The Balaban J connectivity index is 1.99. The Bertz CT molecular complexity index is 346.